The molecule has 0 aromatic carbocycles. The highest BCUT2D eigenvalue weighted by Gasteiger charge is 2.57. The van der Waals surface area contributed by atoms with Gasteiger partial charge in [0.25, 0.3) is 5.56 Å². The zero-order chi connectivity index (χ0) is 15.8. The molecule has 1 aromatic heterocycles. The van der Waals surface area contributed by atoms with Crippen molar-refractivity contribution in [3.8, 4) is 11.8 Å². The summed E-state index contributed by atoms with van der Waals surface area (Å²) < 4.78 is 6.00. The molecule has 1 aliphatic rings. The molecule has 1 aliphatic heterocycles. The highest BCUT2D eigenvalue weighted by atomic mass is 16.6. The topological polar surface area (TPSA) is 138 Å². The molecule has 2 heterocycles. The highest BCUT2D eigenvalue weighted by Crippen LogP contribution is 2.38. The van der Waals surface area contributed by atoms with Crippen LogP contribution in [-0.2, 0) is 4.74 Å². The van der Waals surface area contributed by atoms with Crippen molar-refractivity contribution < 1.29 is 20.1 Å². The molecule has 1 fully saturated rings. The number of H-pyrrole nitrogens is 1. The third-order valence-electron chi connectivity index (χ3n) is 3.19. The molecular weight excluding hydrogens is 282 g/mol. The quantitative estimate of drug-likeness (QED) is 0.437. The summed E-state index contributed by atoms with van der Waals surface area (Å²) in [6, 6.07) is 0. The first-order valence-electron chi connectivity index (χ1n) is 6.17. The van der Waals surface area contributed by atoms with Crippen molar-refractivity contribution in [1.29, 1.82) is 0 Å². The van der Waals surface area contributed by atoms with Gasteiger partial charge >= 0.3 is 5.69 Å². The van der Waals surface area contributed by atoms with Gasteiger partial charge in [-0.1, -0.05) is 5.92 Å². The minimum absolute atomic E-state index is 0.664. The second-order valence-corrected chi connectivity index (χ2v) is 4.72. The van der Waals surface area contributed by atoms with Gasteiger partial charge in [-0.15, -0.1) is 5.92 Å². The molecule has 1 aromatic rings. The van der Waals surface area contributed by atoms with E-state index in [1.807, 2.05) is 4.98 Å². The number of rotatable bonds is 2. The van der Waals surface area contributed by atoms with E-state index in [4.69, 9.17) is 4.74 Å². The Morgan fingerprint density at radius 2 is 2.24 bits per heavy atom. The van der Waals surface area contributed by atoms with Crippen molar-refractivity contribution in [1.82, 2.24) is 14.8 Å². The van der Waals surface area contributed by atoms with Crippen LogP contribution in [0.15, 0.2) is 15.8 Å². The molecule has 9 nitrogen and oxygen atoms in total. The second kappa shape index (κ2) is 5.42. The lowest BCUT2D eigenvalue weighted by atomic mass is 9.93. The van der Waals surface area contributed by atoms with Gasteiger partial charge in [0, 0.05) is 0 Å². The number of aromatic nitrogens is 3. The normalized spacial score (nSPS) is 33.3. The summed E-state index contributed by atoms with van der Waals surface area (Å²) in [6.45, 7) is 2.79. The first-order valence-corrected chi connectivity index (χ1v) is 6.17. The van der Waals surface area contributed by atoms with Gasteiger partial charge in [0.05, 0.1) is 6.10 Å². The fraction of sp³-hybridized carbons (Fsp3) is 0.583. The number of aliphatic hydroxyl groups is 3. The molecule has 2 rings (SSSR count). The maximum Gasteiger partial charge on any atom is 0.347 e. The van der Waals surface area contributed by atoms with Crippen LogP contribution < -0.4 is 11.2 Å². The third kappa shape index (κ3) is 2.50. The van der Waals surface area contributed by atoms with Gasteiger partial charge in [-0.25, -0.2) is 4.79 Å². The molecule has 5 atom stereocenters. The van der Waals surface area contributed by atoms with Gasteiger partial charge in [0.15, 0.2) is 6.23 Å². The smallest absolute Gasteiger partial charge is 0.347 e. The van der Waals surface area contributed by atoms with Crippen LogP contribution in [0.5, 0.6) is 0 Å². The molecule has 1 saturated heterocycles. The molecule has 0 aliphatic carbocycles. The Kier molecular flexibility index (Phi) is 3.97. The summed E-state index contributed by atoms with van der Waals surface area (Å²) in [5, 5.41) is 33.8. The van der Waals surface area contributed by atoms with Crippen molar-refractivity contribution in [2.75, 3.05) is 0 Å². The van der Waals surface area contributed by atoms with Gasteiger partial charge in [-0.3, -0.25) is 9.78 Å². The predicted octanol–water partition coefficient (Wildman–Crippen LogP) is -2.67. The molecule has 0 saturated carbocycles. The Morgan fingerprint density at radius 3 is 2.76 bits per heavy atom. The number of hydrogen-bond acceptors (Lipinski definition) is 7. The summed E-state index contributed by atoms with van der Waals surface area (Å²) >= 11 is 0. The van der Waals surface area contributed by atoms with Crippen LogP contribution in [0.3, 0.4) is 0 Å². The third-order valence-corrected chi connectivity index (χ3v) is 3.19. The van der Waals surface area contributed by atoms with Crippen LogP contribution in [-0.4, -0.2) is 54.0 Å². The molecule has 0 radical (unpaired) electrons. The summed E-state index contributed by atoms with van der Waals surface area (Å²) in [6.07, 6.45) is -4.48. The lowest BCUT2D eigenvalue weighted by Gasteiger charge is -2.25. The molecule has 4 N–H and O–H groups in total. The number of nitrogens with zero attached hydrogens (tertiary/aromatic N) is 2. The van der Waals surface area contributed by atoms with E-state index in [-0.39, 0.29) is 0 Å². The molecule has 9 heteroatoms. The summed E-state index contributed by atoms with van der Waals surface area (Å²) in [7, 11) is 0. The molecule has 1 unspecified atom stereocenters. The average molecular weight is 297 g/mol. The Morgan fingerprint density at radius 1 is 1.57 bits per heavy atom. The lowest BCUT2D eigenvalue weighted by molar-refractivity contribution is -0.0947. The maximum absolute atomic E-state index is 11.8. The van der Waals surface area contributed by atoms with Crippen LogP contribution in [0.25, 0.3) is 0 Å². The second-order valence-electron chi connectivity index (χ2n) is 4.72. The number of aromatic amines is 1. The number of aliphatic hydroxyl groups excluding tert-OH is 2. The molecule has 0 spiro atoms. The summed E-state index contributed by atoms with van der Waals surface area (Å²) in [5.41, 5.74) is -3.79. The van der Waals surface area contributed by atoms with Crippen LogP contribution in [0.4, 0.5) is 0 Å². The van der Waals surface area contributed by atoms with Crippen LogP contribution in [0.2, 0.25) is 0 Å². The van der Waals surface area contributed by atoms with Crippen molar-refractivity contribution in [3.63, 3.8) is 0 Å². The molecular formula is C12H15N3O6. The van der Waals surface area contributed by atoms with Gasteiger partial charge in [0.1, 0.15) is 18.4 Å². The van der Waals surface area contributed by atoms with E-state index >= 15 is 0 Å². The van der Waals surface area contributed by atoms with Crippen molar-refractivity contribution in [2.45, 2.75) is 44.0 Å². The Hall–Kier alpha value is -1.99. The lowest BCUT2D eigenvalue weighted by Crippen LogP contribution is -2.49. The largest absolute Gasteiger partial charge is 0.391 e. The summed E-state index contributed by atoms with van der Waals surface area (Å²) in [5.74, 6) is 4.81. The highest BCUT2D eigenvalue weighted by molar-refractivity contribution is 5.22. The van der Waals surface area contributed by atoms with Gasteiger partial charge in [-0.2, -0.15) is 9.78 Å². The molecule has 0 amide bonds. The monoisotopic (exact) mass is 297 g/mol. The van der Waals surface area contributed by atoms with Crippen molar-refractivity contribution >= 4 is 0 Å². The molecule has 114 valence electrons. The Bertz CT molecular complexity index is 699. The van der Waals surface area contributed by atoms with E-state index in [0.29, 0.717) is 4.68 Å². The van der Waals surface area contributed by atoms with Gasteiger partial charge in [0.2, 0.25) is 5.60 Å². The minimum atomic E-state index is -2.15. The van der Waals surface area contributed by atoms with Crippen molar-refractivity contribution in [2.24, 2.45) is 0 Å². The van der Waals surface area contributed by atoms with Crippen LogP contribution >= 0.6 is 0 Å². The van der Waals surface area contributed by atoms with E-state index in [1.54, 1.807) is 0 Å². The fourth-order valence-electron chi connectivity index (χ4n) is 2.21. The van der Waals surface area contributed by atoms with E-state index in [1.165, 1.54) is 13.8 Å². The van der Waals surface area contributed by atoms with E-state index in [9.17, 15) is 24.9 Å². The average Bonchev–Trinajstić information content (AvgIpc) is 2.64. The van der Waals surface area contributed by atoms with E-state index in [2.05, 4.69) is 16.9 Å². The standard InChI is InChI=1S/C12H15N3O6/c1-3-4-12(20)9(18)8(6(2)16)21-10(12)15-11(19)14-7(17)5-13-15/h5-6,8-10,16,18,20H,1-2H3,(H,14,17,19)/t6-,8+,9-,10+,12?/m0/s1. The van der Waals surface area contributed by atoms with Crippen molar-refractivity contribution in [3.05, 3.63) is 27.0 Å². The molecule has 0 bridgehead atoms. The number of nitrogens with one attached hydrogen (secondary N) is 1. The van der Waals surface area contributed by atoms with E-state index < -0.39 is 41.4 Å². The Balaban J connectivity index is 2.56. The zero-order valence-corrected chi connectivity index (χ0v) is 11.3. The fourth-order valence-corrected chi connectivity index (χ4v) is 2.21. The maximum atomic E-state index is 11.8. The van der Waals surface area contributed by atoms with Crippen LogP contribution in [0.1, 0.15) is 20.1 Å². The predicted molar refractivity (Wildman–Crippen MR) is 69.1 cm³/mol. The van der Waals surface area contributed by atoms with E-state index in [0.717, 1.165) is 6.20 Å². The first kappa shape index (κ1) is 15.4. The van der Waals surface area contributed by atoms with Gasteiger partial charge < -0.3 is 20.1 Å². The summed E-state index contributed by atoms with van der Waals surface area (Å²) in [4.78, 5) is 24.8. The van der Waals surface area contributed by atoms with Gasteiger partial charge in [-0.05, 0) is 13.8 Å². The minimum Gasteiger partial charge on any atom is -0.391 e. The zero-order valence-electron chi connectivity index (χ0n) is 11.3. The molecule has 21 heavy (non-hydrogen) atoms. The van der Waals surface area contributed by atoms with Crippen LogP contribution in [0, 0.1) is 11.8 Å². The number of ether oxygens (including phenoxy) is 1. The number of hydrogen-bond donors (Lipinski definition) is 4. The Labute approximate surface area is 118 Å². The first-order chi connectivity index (χ1) is 9.81. The SMILES string of the molecule is CC#CC1(O)[C@@H](O)[C@@H]([C@H](C)O)O[C@H]1n1ncc(=O)[nH]c1=O.